The second-order valence-corrected chi connectivity index (χ2v) is 7.49. The maximum Gasteiger partial charge on any atom is 0.193 e. The van der Waals surface area contributed by atoms with E-state index >= 15 is 0 Å². The highest BCUT2D eigenvalue weighted by Gasteiger charge is 2.24. The summed E-state index contributed by atoms with van der Waals surface area (Å²) in [5, 5.41) is 3.47. The van der Waals surface area contributed by atoms with Gasteiger partial charge in [0, 0.05) is 37.0 Å². The Hall–Kier alpha value is -2.01. The third-order valence-electron chi connectivity index (χ3n) is 4.56. The van der Waals surface area contributed by atoms with Gasteiger partial charge >= 0.3 is 0 Å². The van der Waals surface area contributed by atoms with Crippen LogP contribution in [0.5, 0.6) is 0 Å². The topological polar surface area (TPSA) is 40.5 Å². The first-order valence-electron chi connectivity index (χ1n) is 8.80. The minimum Gasteiger partial charge on any atom is -0.351 e. The largest absolute Gasteiger partial charge is 0.351 e. The van der Waals surface area contributed by atoms with E-state index in [2.05, 4.69) is 63.5 Å². The van der Waals surface area contributed by atoms with Gasteiger partial charge in [-0.25, -0.2) is 0 Å². The number of rotatable bonds is 5. The molecule has 1 atom stereocenters. The van der Waals surface area contributed by atoms with Crippen LogP contribution in [-0.4, -0.2) is 41.7 Å². The number of aryl methyl sites for hydroxylation is 1. The molecule has 1 aromatic heterocycles. The third kappa shape index (κ3) is 4.98. The number of thioether (sulfide) groups is 1. The van der Waals surface area contributed by atoms with Gasteiger partial charge < -0.3 is 10.2 Å². The van der Waals surface area contributed by atoms with Crippen molar-refractivity contribution in [2.24, 2.45) is 10.9 Å². The third-order valence-corrected chi connectivity index (χ3v) is 5.80. The molecular formula is C20H26N4S. The maximum atomic E-state index is 4.46. The van der Waals surface area contributed by atoms with E-state index in [9.17, 15) is 0 Å². The molecule has 1 N–H and O–H groups in total. The van der Waals surface area contributed by atoms with Crippen molar-refractivity contribution in [3.05, 3.63) is 59.9 Å². The average molecular weight is 355 g/mol. The highest BCUT2D eigenvalue weighted by molar-refractivity contribution is 7.99. The maximum absolute atomic E-state index is 4.46. The normalized spacial score (nSPS) is 17.8. The molecule has 0 spiro atoms. The molecule has 1 saturated heterocycles. The Kier molecular flexibility index (Phi) is 6.34. The molecule has 0 saturated carbocycles. The van der Waals surface area contributed by atoms with Gasteiger partial charge in [-0.2, -0.15) is 0 Å². The molecule has 3 rings (SSSR count). The second-order valence-electron chi connectivity index (χ2n) is 6.39. The number of nitrogens with zero attached hydrogens (tertiary/aromatic N) is 3. The zero-order valence-corrected chi connectivity index (χ0v) is 15.8. The van der Waals surface area contributed by atoms with Crippen LogP contribution in [0.3, 0.4) is 0 Å². The summed E-state index contributed by atoms with van der Waals surface area (Å²) < 4.78 is 0. The van der Waals surface area contributed by atoms with Gasteiger partial charge in [-0.1, -0.05) is 24.3 Å². The van der Waals surface area contributed by atoms with Gasteiger partial charge in [0.2, 0.25) is 0 Å². The molecule has 0 aliphatic carbocycles. The summed E-state index contributed by atoms with van der Waals surface area (Å²) >= 11 is 1.95. The highest BCUT2D eigenvalue weighted by Crippen LogP contribution is 2.25. The fourth-order valence-electron chi connectivity index (χ4n) is 3.09. The van der Waals surface area contributed by atoms with Crippen molar-refractivity contribution in [1.29, 1.82) is 0 Å². The molecule has 5 heteroatoms. The van der Waals surface area contributed by atoms with E-state index in [1.807, 2.05) is 31.1 Å². The molecule has 1 fully saturated rings. The first-order valence-corrected chi connectivity index (χ1v) is 9.78. The zero-order valence-electron chi connectivity index (χ0n) is 15.0. The highest BCUT2D eigenvalue weighted by atomic mass is 32.2. The molecule has 1 aromatic carbocycles. The summed E-state index contributed by atoms with van der Waals surface area (Å²) in [6.07, 6.45) is 3.07. The summed E-state index contributed by atoms with van der Waals surface area (Å²) in [7, 11) is 1.86. The predicted octanol–water partition coefficient (Wildman–Crippen LogP) is 3.58. The van der Waals surface area contributed by atoms with E-state index < -0.39 is 0 Å². The number of hydrogen-bond acceptors (Lipinski definition) is 3. The lowest BCUT2D eigenvalue weighted by Crippen LogP contribution is -2.40. The molecule has 1 aliphatic rings. The monoisotopic (exact) mass is 354 g/mol. The number of guanidine groups is 1. The Bertz CT molecular complexity index is 702. The van der Waals surface area contributed by atoms with E-state index in [0.29, 0.717) is 5.92 Å². The SMILES string of the molecule is CN=C(NCc1ncccc1C)N1CCC(CSc2ccccc2)C1. The Balaban J connectivity index is 1.49. The van der Waals surface area contributed by atoms with Crippen molar-refractivity contribution in [2.45, 2.75) is 24.8 Å². The van der Waals surface area contributed by atoms with Crippen molar-refractivity contribution in [2.75, 3.05) is 25.9 Å². The summed E-state index contributed by atoms with van der Waals surface area (Å²) in [6, 6.07) is 14.7. The van der Waals surface area contributed by atoms with Crippen molar-refractivity contribution in [3.8, 4) is 0 Å². The van der Waals surface area contributed by atoms with E-state index in [0.717, 1.165) is 37.0 Å². The van der Waals surface area contributed by atoms with Crippen molar-refractivity contribution < 1.29 is 0 Å². The molecule has 4 nitrogen and oxygen atoms in total. The summed E-state index contributed by atoms with van der Waals surface area (Å²) in [5.41, 5.74) is 2.29. The van der Waals surface area contributed by atoms with Crippen LogP contribution in [0.1, 0.15) is 17.7 Å². The smallest absolute Gasteiger partial charge is 0.193 e. The number of likely N-dealkylation sites (tertiary alicyclic amines) is 1. The summed E-state index contributed by atoms with van der Waals surface area (Å²) in [5.74, 6) is 2.86. The van der Waals surface area contributed by atoms with Crippen molar-refractivity contribution in [1.82, 2.24) is 15.2 Å². The van der Waals surface area contributed by atoms with Crippen LogP contribution in [0, 0.1) is 12.8 Å². The van der Waals surface area contributed by atoms with E-state index in [1.165, 1.54) is 16.9 Å². The van der Waals surface area contributed by atoms with Crippen LogP contribution in [-0.2, 0) is 6.54 Å². The molecule has 0 radical (unpaired) electrons. The first kappa shape index (κ1) is 17.8. The molecule has 0 amide bonds. The van der Waals surface area contributed by atoms with Crippen LogP contribution in [0.2, 0.25) is 0 Å². The number of pyridine rings is 1. The number of aliphatic imine (C=N–C) groups is 1. The molecule has 1 unspecified atom stereocenters. The number of nitrogens with one attached hydrogen (secondary N) is 1. The average Bonchev–Trinajstić information content (AvgIpc) is 3.12. The summed E-state index contributed by atoms with van der Waals surface area (Å²) in [6.45, 7) is 4.96. The van der Waals surface area contributed by atoms with Crippen LogP contribution in [0.25, 0.3) is 0 Å². The lowest BCUT2D eigenvalue weighted by Gasteiger charge is -2.22. The van der Waals surface area contributed by atoms with Gasteiger partial charge in [0.25, 0.3) is 0 Å². The minimum atomic E-state index is 0.709. The van der Waals surface area contributed by atoms with Gasteiger partial charge in [-0.3, -0.25) is 9.98 Å². The lowest BCUT2D eigenvalue weighted by atomic mass is 10.2. The molecule has 0 bridgehead atoms. The van der Waals surface area contributed by atoms with Crippen LogP contribution >= 0.6 is 11.8 Å². The van der Waals surface area contributed by atoms with Crippen molar-refractivity contribution >= 4 is 17.7 Å². The number of benzene rings is 1. The second kappa shape index (κ2) is 8.90. The first-order chi connectivity index (χ1) is 12.3. The van der Waals surface area contributed by atoms with Crippen LogP contribution < -0.4 is 5.32 Å². The van der Waals surface area contributed by atoms with Crippen LogP contribution in [0.15, 0.2) is 58.5 Å². The molecule has 132 valence electrons. The Labute approximate surface area is 154 Å². The fraction of sp³-hybridized carbons (Fsp3) is 0.400. The Morgan fingerprint density at radius 2 is 2.12 bits per heavy atom. The van der Waals surface area contributed by atoms with Crippen LogP contribution in [0.4, 0.5) is 0 Å². The van der Waals surface area contributed by atoms with E-state index in [1.54, 1.807) is 0 Å². The Morgan fingerprint density at radius 1 is 1.28 bits per heavy atom. The summed E-state index contributed by atoms with van der Waals surface area (Å²) in [4.78, 5) is 12.6. The van der Waals surface area contributed by atoms with E-state index in [-0.39, 0.29) is 0 Å². The molecule has 25 heavy (non-hydrogen) atoms. The standard InChI is InChI=1S/C20H26N4S/c1-16-7-6-11-22-19(16)13-23-20(21-2)24-12-10-17(14-24)15-25-18-8-4-3-5-9-18/h3-9,11,17H,10,12-15H2,1-2H3,(H,21,23). The lowest BCUT2D eigenvalue weighted by molar-refractivity contribution is 0.473. The molecule has 2 aromatic rings. The Morgan fingerprint density at radius 3 is 2.88 bits per heavy atom. The van der Waals surface area contributed by atoms with Gasteiger partial charge in [-0.05, 0) is 43.0 Å². The van der Waals surface area contributed by atoms with E-state index in [4.69, 9.17) is 0 Å². The fourth-order valence-corrected chi connectivity index (χ4v) is 4.14. The molecule has 2 heterocycles. The van der Waals surface area contributed by atoms with Gasteiger partial charge in [0.05, 0.1) is 12.2 Å². The number of hydrogen-bond donors (Lipinski definition) is 1. The van der Waals surface area contributed by atoms with Gasteiger partial charge in [0.1, 0.15) is 0 Å². The van der Waals surface area contributed by atoms with Gasteiger partial charge in [-0.15, -0.1) is 11.8 Å². The predicted molar refractivity (Wildman–Crippen MR) is 106 cm³/mol. The number of aromatic nitrogens is 1. The minimum absolute atomic E-state index is 0.709. The van der Waals surface area contributed by atoms with Gasteiger partial charge in [0.15, 0.2) is 5.96 Å². The zero-order chi connectivity index (χ0) is 17.5. The molecule has 1 aliphatic heterocycles. The molecular weight excluding hydrogens is 328 g/mol. The van der Waals surface area contributed by atoms with Crippen molar-refractivity contribution in [3.63, 3.8) is 0 Å². The quantitative estimate of drug-likeness (QED) is 0.506.